The first kappa shape index (κ1) is 26.6. The first-order valence-electron chi connectivity index (χ1n) is 13.1. The minimum atomic E-state index is -0.457. The fraction of sp³-hybridized carbons (Fsp3) is 0.147. The largest absolute Gasteiger partial charge is 0.460 e. The molecule has 0 bridgehead atoms. The maximum Gasteiger partial charge on any atom is 0.343 e. The predicted molar refractivity (Wildman–Crippen MR) is 157 cm³/mol. The van der Waals surface area contributed by atoms with Gasteiger partial charge in [0, 0.05) is 11.6 Å². The molecule has 40 heavy (non-hydrogen) atoms. The normalized spacial score (nSPS) is 11.4. The molecule has 0 spiro atoms. The molecule has 1 aromatic heterocycles. The Balaban J connectivity index is 1.46. The first-order valence-corrected chi connectivity index (χ1v) is 13.1. The Morgan fingerprint density at radius 3 is 1.82 bits per heavy atom. The molecular formula is C34H30N2O4. The van der Waals surface area contributed by atoms with Gasteiger partial charge in [0.25, 0.3) is 0 Å². The summed E-state index contributed by atoms with van der Waals surface area (Å²) < 4.78 is 13.5. The van der Waals surface area contributed by atoms with Crippen LogP contribution in [0.3, 0.4) is 0 Å². The Kier molecular flexibility index (Phi) is 7.87. The van der Waals surface area contributed by atoms with Gasteiger partial charge in [-0.1, -0.05) is 77.4 Å². The van der Waals surface area contributed by atoms with Crippen molar-refractivity contribution in [2.45, 2.75) is 27.3 Å². The number of imidazole rings is 1. The van der Waals surface area contributed by atoms with Crippen LogP contribution in [0.4, 0.5) is 0 Å². The monoisotopic (exact) mass is 530 g/mol. The summed E-state index contributed by atoms with van der Waals surface area (Å²) in [6, 6.07) is 30.1. The Bertz CT molecular complexity index is 1680. The highest BCUT2D eigenvalue weighted by molar-refractivity contribution is 5.95. The minimum Gasteiger partial charge on any atom is -0.460 e. The van der Waals surface area contributed by atoms with Crippen molar-refractivity contribution < 1.29 is 19.1 Å². The van der Waals surface area contributed by atoms with Gasteiger partial charge < -0.3 is 14.0 Å². The number of fused-ring (bicyclic) bond motifs is 1. The second kappa shape index (κ2) is 11.8. The van der Waals surface area contributed by atoms with E-state index in [1.807, 2.05) is 98.1 Å². The number of hydrogen-bond donors (Lipinski definition) is 0. The van der Waals surface area contributed by atoms with Crippen LogP contribution >= 0.6 is 0 Å². The molecule has 0 saturated carbocycles. The Labute approximate surface area is 233 Å². The van der Waals surface area contributed by atoms with E-state index in [1.165, 1.54) is 0 Å². The standard InChI is InChI=1S/C34H30N2O4/c1-23-8-14-26(15-9-23)31(40-34(38)28-18-12-25(3)13-19-28)22-32-35-29-6-4-5-7-30(29)36(32)20-21-39-33(37)27-16-10-24(2)11-17-27/h4-19,22H,20-21H2,1-3H3. The zero-order chi connectivity index (χ0) is 28.1. The third-order valence-electron chi connectivity index (χ3n) is 6.61. The minimum absolute atomic E-state index is 0.150. The molecule has 0 aliphatic heterocycles. The number of para-hydroxylation sites is 2. The number of rotatable bonds is 8. The summed E-state index contributed by atoms with van der Waals surface area (Å²) >= 11 is 0. The lowest BCUT2D eigenvalue weighted by atomic mass is 10.1. The summed E-state index contributed by atoms with van der Waals surface area (Å²) in [6.07, 6.45) is 1.76. The van der Waals surface area contributed by atoms with E-state index in [0.29, 0.717) is 29.3 Å². The Morgan fingerprint density at radius 1 is 0.700 bits per heavy atom. The maximum absolute atomic E-state index is 13.1. The molecule has 0 radical (unpaired) electrons. The van der Waals surface area contributed by atoms with Crippen molar-refractivity contribution in [1.29, 1.82) is 0 Å². The highest BCUT2D eigenvalue weighted by atomic mass is 16.5. The van der Waals surface area contributed by atoms with Crippen molar-refractivity contribution in [2.75, 3.05) is 6.61 Å². The fourth-order valence-corrected chi connectivity index (χ4v) is 4.30. The van der Waals surface area contributed by atoms with Gasteiger partial charge in [0.1, 0.15) is 18.2 Å². The molecule has 0 aliphatic rings. The molecule has 5 aromatic rings. The van der Waals surface area contributed by atoms with Gasteiger partial charge in [-0.25, -0.2) is 14.6 Å². The predicted octanol–water partition coefficient (Wildman–Crippen LogP) is 7.17. The van der Waals surface area contributed by atoms with E-state index in [-0.39, 0.29) is 12.6 Å². The average Bonchev–Trinajstić information content (AvgIpc) is 3.30. The summed E-state index contributed by atoms with van der Waals surface area (Å²) in [4.78, 5) is 30.5. The fourth-order valence-electron chi connectivity index (χ4n) is 4.30. The Hall–Kier alpha value is -4.97. The van der Waals surface area contributed by atoms with E-state index >= 15 is 0 Å². The number of aryl methyl sites for hydroxylation is 3. The zero-order valence-electron chi connectivity index (χ0n) is 22.8. The summed E-state index contributed by atoms with van der Waals surface area (Å²) in [6.45, 7) is 6.46. The van der Waals surface area contributed by atoms with E-state index in [4.69, 9.17) is 14.5 Å². The van der Waals surface area contributed by atoms with Gasteiger partial charge in [-0.3, -0.25) is 0 Å². The van der Waals surface area contributed by atoms with Crippen molar-refractivity contribution in [1.82, 2.24) is 9.55 Å². The average molecular weight is 531 g/mol. The first-order chi connectivity index (χ1) is 19.4. The third kappa shape index (κ3) is 6.18. The zero-order valence-corrected chi connectivity index (χ0v) is 22.8. The van der Waals surface area contributed by atoms with Crippen molar-refractivity contribution in [2.24, 2.45) is 0 Å². The lowest BCUT2D eigenvalue weighted by Crippen LogP contribution is -2.13. The lowest BCUT2D eigenvalue weighted by Gasteiger charge is -2.12. The summed E-state index contributed by atoms with van der Waals surface area (Å²) in [5.74, 6) is 0.119. The van der Waals surface area contributed by atoms with Gasteiger partial charge in [-0.2, -0.15) is 0 Å². The molecule has 6 nitrogen and oxygen atoms in total. The molecule has 0 unspecified atom stereocenters. The summed E-state index contributed by atoms with van der Waals surface area (Å²) in [5, 5.41) is 0. The van der Waals surface area contributed by atoms with Gasteiger partial charge in [-0.15, -0.1) is 0 Å². The second-order valence-corrected chi connectivity index (χ2v) is 9.74. The van der Waals surface area contributed by atoms with Crippen LogP contribution in [0.25, 0.3) is 22.9 Å². The van der Waals surface area contributed by atoms with Crippen LogP contribution in [0, 0.1) is 20.8 Å². The van der Waals surface area contributed by atoms with Gasteiger partial charge in [0.15, 0.2) is 0 Å². The van der Waals surface area contributed by atoms with E-state index < -0.39 is 5.97 Å². The van der Waals surface area contributed by atoms with Gasteiger partial charge in [-0.05, 0) is 57.2 Å². The van der Waals surface area contributed by atoms with Crippen LogP contribution in [0.15, 0.2) is 97.1 Å². The third-order valence-corrected chi connectivity index (χ3v) is 6.61. The molecule has 200 valence electrons. The molecule has 0 atom stereocenters. The molecule has 4 aromatic carbocycles. The van der Waals surface area contributed by atoms with Crippen LogP contribution in [-0.4, -0.2) is 28.1 Å². The van der Waals surface area contributed by atoms with E-state index in [0.717, 1.165) is 33.3 Å². The van der Waals surface area contributed by atoms with Crippen LogP contribution in [-0.2, 0) is 16.0 Å². The quantitative estimate of drug-likeness (QED) is 0.157. The van der Waals surface area contributed by atoms with Gasteiger partial charge in [0.05, 0.1) is 28.7 Å². The number of esters is 2. The number of aromatic nitrogens is 2. The van der Waals surface area contributed by atoms with Crippen molar-refractivity contribution in [3.8, 4) is 0 Å². The smallest absolute Gasteiger partial charge is 0.343 e. The van der Waals surface area contributed by atoms with E-state index in [1.54, 1.807) is 30.3 Å². The van der Waals surface area contributed by atoms with Crippen molar-refractivity contribution in [3.63, 3.8) is 0 Å². The number of nitrogens with zero attached hydrogens (tertiary/aromatic N) is 2. The molecule has 0 N–H and O–H groups in total. The topological polar surface area (TPSA) is 70.4 Å². The molecule has 5 rings (SSSR count). The van der Waals surface area contributed by atoms with Crippen molar-refractivity contribution >= 4 is 34.8 Å². The van der Waals surface area contributed by atoms with Crippen LogP contribution in [0.2, 0.25) is 0 Å². The van der Waals surface area contributed by atoms with E-state index in [2.05, 4.69) is 0 Å². The summed E-state index contributed by atoms with van der Waals surface area (Å²) in [5.41, 5.74) is 6.60. The highest BCUT2D eigenvalue weighted by Gasteiger charge is 2.16. The molecule has 0 fully saturated rings. The maximum atomic E-state index is 13.1. The number of benzene rings is 4. The van der Waals surface area contributed by atoms with Crippen LogP contribution in [0.5, 0.6) is 0 Å². The van der Waals surface area contributed by atoms with Gasteiger partial charge in [0.2, 0.25) is 0 Å². The number of ether oxygens (including phenoxy) is 2. The highest BCUT2D eigenvalue weighted by Crippen LogP contribution is 2.25. The lowest BCUT2D eigenvalue weighted by molar-refractivity contribution is 0.0491. The SMILES string of the molecule is Cc1ccc(C(=O)OCCn2c(C=C(OC(=O)c3ccc(C)cc3)c3ccc(C)cc3)nc3ccccc32)cc1. The molecule has 0 aliphatic carbocycles. The Morgan fingerprint density at radius 2 is 1.23 bits per heavy atom. The summed E-state index contributed by atoms with van der Waals surface area (Å²) in [7, 11) is 0. The van der Waals surface area contributed by atoms with Crippen molar-refractivity contribution in [3.05, 3.63) is 136 Å². The number of hydrogen-bond acceptors (Lipinski definition) is 5. The molecule has 0 amide bonds. The molecule has 0 saturated heterocycles. The number of carbonyl (C=O) groups excluding carboxylic acids is 2. The number of carbonyl (C=O) groups is 2. The van der Waals surface area contributed by atoms with E-state index in [9.17, 15) is 9.59 Å². The van der Waals surface area contributed by atoms with Gasteiger partial charge >= 0.3 is 11.9 Å². The molecule has 6 heteroatoms. The van der Waals surface area contributed by atoms with Crippen LogP contribution < -0.4 is 0 Å². The van der Waals surface area contributed by atoms with Crippen LogP contribution in [0.1, 0.15) is 48.8 Å². The second-order valence-electron chi connectivity index (χ2n) is 9.74. The molecule has 1 heterocycles. The molecular weight excluding hydrogens is 500 g/mol.